The lowest BCUT2D eigenvalue weighted by molar-refractivity contribution is 0.0497. The van der Waals surface area contributed by atoms with Gasteiger partial charge in [0.1, 0.15) is 17.1 Å². The van der Waals surface area contributed by atoms with Gasteiger partial charge in [0.15, 0.2) is 0 Å². The second-order valence-electron chi connectivity index (χ2n) is 8.01. The van der Waals surface area contributed by atoms with Crippen molar-refractivity contribution in [2.24, 2.45) is 0 Å². The zero-order chi connectivity index (χ0) is 21.0. The number of carbonyl (C=O) groups is 2. The summed E-state index contributed by atoms with van der Waals surface area (Å²) in [4.78, 5) is 35.4. The number of ether oxygens (including phenoxy) is 1. The van der Waals surface area contributed by atoms with Crippen LogP contribution in [0.25, 0.3) is 0 Å². The van der Waals surface area contributed by atoms with Crippen LogP contribution >= 0.6 is 15.9 Å². The number of hydrogen-bond acceptors (Lipinski definition) is 6. The molecule has 1 saturated heterocycles. The van der Waals surface area contributed by atoms with Gasteiger partial charge in [-0.25, -0.2) is 9.78 Å². The van der Waals surface area contributed by atoms with Crippen LogP contribution in [0.3, 0.4) is 0 Å². The number of hydrogen-bond donors (Lipinski definition) is 1. The Balaban J connectivity index is 1.61. The molecule has 3 heterocycles. The average molecular weight is 461 g/mol. The van der Waals surface area contributed by atoms with Crippen LogP contribution in [0.1, 0.15) is 49.7 Å². The fourth-order valence-electron chi connectivity index (χ4n) is 3.14. The number of ketones is 1. The van der Waals surface area contributed by atoms with Gasteiger partial charge >= 0.3 is 6.09 Å². The molecule has 3 rings (SSSR count). The average Bonchev–Trinajstić information content (AvgIpc) is 2.66. The first-order chi connectivity index (χ1) is 13.7. The number of amides is 1. The van der Waals surface area contributed by atoms with Gasteiger partial charge in [-0.15, -0.1) is 0 Å². The van der Waals surface area contributed by atoms with E-state index >= 15 is 0 Å². The fourth-order valence-corrected chi connectivity index (χ4v) is 3.50. The highest BCUT2D eigenvalue weighted by Crippen LogP contribution is 2.20. The maximum atomic E-state index is 12.7. The third-order valence-electron chi connectivity index (χ3n) is 4.47. The van der Waals surface area contributed by atoms with Gasteiger partial charge in [0.2, 0.25) is 5.78 Å². The molecule has 0 atom stereocenters. The van der Waals surface area contributed by atoms with Crippen LogP contribution in [0.15, 0.2) is 41.1 Å². The second-order valence-corrected chi connectivity index (χ2v) is 8.93. The summed E-state index contributed by atoms with van der Waals surface area (Å²) >= 11 is 3.34. The lowest BCUT2D eigenvalue weighted by Crippen LogP contribution is -2.46. The van der Waals surface area contributed by atoms with Crippen molar-refractivity contribution in [2.75, 3.05) is 18.0 Å². The lowest BCUT2D eigenvalue weighted by atomic mass is 10.1. The van der Waals surface area contributed by atoms with Crippen molar-refractivity contribution >= 4 is 33.6 Å². The number of alkyl carbamates (subject to hydrolysis) is 1. The van der Waals surface area contributed by atoms with Gasteiger partial charge in [-0.3, -0.25) is 9.78 Å². The monoisotopic (exact) mass is 460 g/mol. The SMILES string of the molecule is CC(C)(C)OC(=O)NC1CCN(c2cccc(C(=O)c3cncc(Br)c3)n2)CC1. The Kier molecular flexibility index (Phi) is 6.52. The minimum absolute atomic E-state index is 0.0682. The lowest BCUT2D eigenvalue weighted by Gasteiger charge is -2.33. The van der Waals surface area contributed by atoms with E-state index in [1.165, 1.54) is 6.20 Å². The smallest absolute Gasteiger partial charge is 0.407 e. The van der Waals surface area contributed by atoms with Crippen molar-refractivity contribution in [3.05, 3.63) is 52.4 Å². The third kappa shape index (κ3) is 6.00. The Morgan fingerprint density at radius 2 is 1.93 bits per heavy atom. The van der Waals surface area contributed by atoms with Crippen LogP contribution in [-0.4, -0.2) is 46.6 Å². The zero-order valence-electron chi connectivity index (χ0n) is 16.8. The third-order valence-corrected chi connectivity index (χ3v) is 4.91. The highest BCUT2D eigenvalue weighted by Gasteiger charge is 2.24. The minimum Gasteiger partial charge on any atom is -0.444 e. The van der Waals surface area contributed by atoms with E-state index in [-0.39, 0.29) is 17.9 Å². The van der Waals surface area contributed by atoms with Gasteiger partial charge in [-0.1, -0.05) is 6.07 Å². The maximum Gasteiger partial charge on any atom is 0.407 e. The van der Waals surface area contributed by atoms with E-state index in [2.05, 4.69) is 36.1 Å². The molecular weight excluding hydrogens is 436 g/mol. The van der Waals surface area contributed by atoms with Crippen LogP contribution in [0.4, 0.5) is 10.6 Å². The van der Waals surface area contributed by atoms with Crippen LogP contribution in [0.2, 0.25) is 0 Å². The molecule has 1 fully saturated rings. The fraction of sp³-hybridized carbons (Fsp3) is 0.429. The number of nitrogens with one attached hydrogen (secondary N) is 1. The van der Waals surface area contributed by atoms with Crippen molar-refractivity contribution in [1.29, 1.82) is 0 Å². The first-order valence-corrected chi connectivity index (χ1v) is 10.4. The number of halogens is 1. The van der Waals surface area contributed by atoms with E-state index in [1.807, 2.05) is 32.9 Å². The number of anilines is 1. The Hall–Kier alpha value is -2.48. The molecule has 0 spiro atoms. The van der Waals surface area contributed by atoms with E-state index in [0.29, 0.717) is 11.3 Å². The molecule has 8 heteroatoms. The molecule has 2 aromatic rings. The summed E-state index contributed by atoms with van der Waals surface area (Å²) in [5, 5.41) is 2.93. The molecule has 0 aliphatic carbocycles. The van der Waals surface area contributed by atoms with Gasteiger partial charge in [0, 0.05) is 41.6 Å². The summed E-state index contributed by atoms with van der Waals surface area (Å²) in [7, 11) is 0. The Morgan fingerprint density at radius 1 is 1.21 bits per heavy atom. The number of nitrogens with zero attached hydrogens (tertiary/aromatic N) is 3. The van der Waals surface area contributed by atoms with Gasteiger partial charge in [-0.2, -0.15) is 0 Å². The Morgan fingerprint density at radius 3 is 2.59 bits per heavy atom. The second kappa shape index (κ2) is 8.90. The molecule has 1 amide bonds. The molecule has 0 unspecified atom stereocenters. The molecule has 0 aromatic carbocycles. The largest absolute Gasteiger partial charge is 0.444 e. The molecule has 1 aliphatic heterocycles. The molecule has 29 heavy (non-hydrogen) atoms. The number of rotatable bonds is 4. The number of pyridine rings is 2. The molecule has 1 N–H and O–H groups in total. The molecule has 0 radical (unpaired) electrons. The maximum absolute atomic E-state index is 12.7. The van der Waals surface area contributed by atoms with Crippen molar-refractivity contribution in [2.45, 2.75) is 45.3 Å². The van der Waals surface area contributed by atoms with Crippen molar-refractivity contribution in [1.82, 2.24) is 15.3 Å². The van der Waals surface area contributed by atoms with E-state index in [9.17, 15) is 9.59 Å². The van der Waals surface area contributed by atoms with Crippen LogP contribution in [0, 0.1) is 0 Å². The zero-order valence-corrected chi connectivity index (χ0v) is 18.4. The predicted octanol–water partition coefficient (Wildman–Crippen LogP) is 3.96. The molecule has 2 aromatic heterocycles. The summed E-state index contributed by atoms with van der Waals surface area (Å²) in [5.74, 6) is 0.594. The summed E-state index contributed by atoms with van der Waals surface area (Å²) in [6.07, 6.45) is 4.36. The first-order valence-electron chi connectivity index (χ1n) is 9.58. The van der Waals surface area contributed by atoms with Gasteiger partial charge < -0.3 is 15.0 Å². The van der Waals surface area contributed by atoms with E-state index in [4.69, 9.17) is 4.74 Å². The highest BCUT2D eigenvalue weighted by molar-refractivity contribution is 9.10. The molecule has 7 nitrogen and oxygen atoms in total. The van der Waals surface area contributed by atoms with Crippen molar-refractivity contribution in [3.8, 4) is 0 Å². The van der Waals surface area contributed by atoms with Crippen LogP contribution in [-0.2, 0) is 4.74 Å². The summed E-state index contributed by atoms with van der Waals surface area (Å²) < 4.78 is 6.07. The standard InChI is InChI=1S/C21H25BrN4O3/c1-21(2,3)29-20(28)24-16-7-9-26(10-8-16)18-6-4-5-17(25-18)19(27)14-11-15(22)13-23-12-14/h4-6,11-13,16H,7-10H2,1-3H3,(H,24,28). The van der Waals surface area contributed by atoms with E-state index < -0.39 is 5.60 Å². The molecular formula is C21H25BrN4O3. The number of carbonyl (C=O) groups excluding carboxylic acids is 2. The Bertz CT molecular complexity index is 889. The van der Waals surface area contributed by atoms with Crippen LogP contribution in [0.5, 0.6) is 0 Å². The minimum atomic E-state index is -0.508. The Labute approximate surface area is 179 Å². The van der Waals surface area contributed by atoms with Crippen molar-refractivity contribution in [3.63, 3.8) is 0 Å². The first kappa shape index (κ1) is 21.2. The molecule has 154 valence electrons. The highest BCUT2D eigenvalue weighted by atomic mass is 79.9. The summed E-state index contributed by atoms with van der Waals surface area (Å²) in [5.41, 5.74) is 0.367. The van der Waals surface area contributed by atoms with Gasteiger partial charge in [0.05, 0.1) is 0 Å². The molecule has 0 bridgehead atoms. The van der Waals surface area contributed by atoms with Gasteiger partial charge in [-0.05, 0) is 67.7 Å². The summed E-state index contributed by atoms with van der Waals surface area (Å²) in [6.45, 7) is 7.02. The predicted molar refractivity (Wildman–Crippen MR) is 114 cm³/mol. The normalized spacial score (nSPS) is 15.1. The molecule has 1 aliphatic rings. The molecule has 0 saturated carbocycles. The van der Waals surface area contributed by atoms with Crippen LogP contribution < -0.4 is 10.2 Å². The number of aromatic nitrogens is 2. The van der Waals surface area contributed by atoms with E-state index in [0.717, 1.165) is 36.2 Å². The quantitative estimate of drug-likeness (QED) is 0.694. The van der Waals surface area contributed by atoms with E-state index in [1.54, 1.807) is 18.3 Å². The topological polar surface area (TPSA) is 84.4 Å². The van der Waals surface area contributed by atoms with Gasteiger partial charge in [0.25, 0.3) is 0 Å². The number of piperidine rings is 1. The van der Waals surface area contributed by atoms with Crippen molar-refractivity contribution < 1.29 is 14.3 Å². The summed E-state index contributed by atoms with van der Waals surface area (Å²) in [6, 6.07) is 7.25.